The predicted molar refractivity (Wildman–Crippen MR) is 120 cm³/mol. The summed E-state index contributed by atoms with van der Waals surface area (Å²) in [4.78, 5) is 14.8. The lowest BCUT2D eigenvalue weighted by Crippen LogP contribution is -2.24. The van der Waals surface area contributed by atoms with Gasteiger partial charge in [0.1, 0.15) is 5.75 Å². The summed E-state index contributed by atoms with van der Waals surface area (Å²) in [5, 5.41) is 2.11. The fourth-order valence-corrected chi connectivity index (χ4v) is 3.43. The first-order chi connectivity index (χ1) is 14.5. The molecule has 0 fully saturated rings. The Hall–Kier alpha value is -3.05. The van der Waals surface area contributed by atoms with Gasteiger partial charge in [0.05, 0.1) is 21.3 Å². The van der Waals surface area contributed by atoms with Gasteiger partial charge in [-0.15, -0.1) is 0 Å². The standard InChI is InChI=1S/C25H29NO4/c1-26(13-11-18-5-10-24(29-3)25(15-18)30-4)14-12-23(27)21-7-6-20-17-22(28-2)9-8-19(20)16-21/h5-10,15-17H,11-14H2,1-4H3. The summed E-state index contributed by atoms with van der Waals surface area (Å²) in [5.74, 6) is 2.44. The molecule has 0 aliphatic heterocycles. The summed E-state index contributed by atoms with van der Waals surface area (Å²) >= 11 is 0. The average molecular weight is 408 g/mol. The van der Waals surface area contributed by atoms with Gasteiger partial charge in [-0.25, -0.2) is 0 Å². The Balaban J connectivity index is 1.53. The van der Waals surface area contributed by atoms with Gasteiger partial charge in [-0.3, -0.25) is 4.79 Å². The van der Waals surface area contributed by atoms with Gasteiger partial charge < -0.3 is 19.1 Å². The van der Waals surface area contributed by atoms with E-state index in [9.17, 15) is 4.79 Å². The highest BCUT2D eigenvalue weighted by Gasteiger charge is 2.10. The van der Waals surface area contributed by atoms with Crippen LogP contribution in [0.4, 0.5) is 0 Å². The average Bonchev–Trinajstić information content (AvgIpc) is 2.80. The molecule has 158 valence electrons. The molecular formula is C25H29NO4. The van der Waals surface area contributed by atoms with Crippen molar-refractivity contribution < 1.29 is 19.0 Å². The number of Topliss-reactive ketones (excluding diaryl/α,β-unsaturated/α-hetero) is 1. The Morgan fingerprint density at radius 1 is 0.800 bits per heavy atom. The highest BCUT2D eigenvalue weighted by atomic mass is 16.5. The monoisotopic (exact) mass is 407 g/mol. The van der Waals surface area contributed by atoms with E-state index < -0.39 is 0 Å². The summed E-state index contributed by atoms with van der Waals surface area (Å²) in [6.45, 7) is 1.58. The molecule has 0 unspecified atom stereocenters. The number of ether oxygens (including phenoxy) is 3. The molecule has 0 bridgehead atoms. The Bertz CT molecular complexity index is 1020. The number of likely N-dealkylation sites (N-methyl/N-ethyl adjacent to an activating group) is 1. The maximum absolute atomic E-state index is 12.7. The van der Waals surface area contributed by atoms with Gasteiger partial charge in [0.2, 0.25) is 0 Å². The zero-order chi connectivity index (χ0) is 21.5. The largest absolute Gasteiger partial charge is 0.497 e. The Labute approximate surface area is 178 Å². The van der Waals surface area contributed by atoms with Crippen molar-refractivity contribution in [2.24, 2.45) is 0 Å². The van der Waals surface area contributed by atoms with Gasteiger partial charge in [0.15, 0.2) is 17.3 Å². The van der Waals surface area contributed by atoms with Gasteiger partial charge in [-0.1, -0.05) is 24.3 Å². The molecule has 30 heavy (non-hydrogen) atoms. The fourth-order valence-electron chi connectivity index (χ4n) is 3.43. The third-order valence-corrected chi connectivity index (χ3v) is 5.32. The molecule has 0 radical (unpaired) electrons. The normalized spacial score (nSPS) is 11.0. The van der Waals surface area contributed by atoms with E-state index in [0.717, 1.165) is 46.6 Å². The lowest BCUT2D eigenvalue weighted by Gasteiger charge is -2.17. The van der Waals surface area contributed by atoms with E-state index in [2.05, 4.69) is 4.90 Å². The van der Waals surface area contributed by atoms with E-state index in [1.165, 1.54) is 5.56 Å². The molecule has 5 heteroatoms. The number of methoxy groups -OCH3 is 3. The number of rotatable bonds is 10. The predicted octanol–water partition coefficient (Wildman–Crippen LogP) is 4.61. The molecular weight excluding hydrogens is 378 g/mol. The molecule has 3 aromatic rings. The number of hydrogen-bond donors (Lipinski definition) is 0. The number of hydrogen-bond acceptors (Lipinski definition) is 5. The molecule has 0 atom stereocenters. The molecule has 0 N–H and O–H groups in total. The van der Waals surface area contributed by atoms with Crippen LogP contribution in [0.3, 0.4) is 0 Å². The maximum atomic E-state index is 12.7. The van der Waals surface area contributed by atoms with E-state index >= 15 is 0 Å². The molecule has 0 aromatic heterocycles. The number of ketones is 1. The zero-order valence-corrected chi connectivity index (χ0v) is 18.1. The highest BCUT2D eigenvalue weighted by molar-refractivity contribution is 6.00. The zero-order valence-electron chi connectivity index (χ0n) is 18.1. The lowest BCUT2D eigenvalue weighted by atomic mass is 10.0. The first kappa shape index (κ1) is 21.7. The van der Waals surface area contributed by atoms with Crippen LogP contribution in [-0.4, -0.2) is 52.1 Å². The Kier molecular flexibility index (Phi) is 7.31. The molecule has 0 amide bonds. The Morgan fingerprint density at radius 3 is 2.27 bits per heavy atom. The van der Waals surface area contributed by atoms with Gasteiger partial charge in [-0.2, -0.15) is 0 Å². The van der Waals surface area contributed by atoms with Gasteiger partial charge in [-0.05, 0) is 60.1 Å². The second-order valence-corrected chi connectivity index (χ2v) is 7.34. The van der Waals surface area contributed by atoms with Gasteiger partial charge >= 0.3 is 0 Å². The van der Waals surface area contributed by atoms with E-state index in [1.807, 2.05) is 61.6 Å². The molecule has 3 aromatic carbocycles. The summed E-state index contributed by atoms with van der Waals surface area (Å²) in [6.07, 6.45) is 1.37. The molecule has 0 aliphatic rings. The third kappa shape index (κ3) is 5.30. The lowest BCUT2D eigenvalue weighted by molar-refractivity contribution is 0.0969. The van der Waals surface area contributed by atoms with Crippen molar-refractivity contribution in [1.29, 1.82) is 0 Å². The summed E-state index contributed by atoms with van der Waals surface area (Å²) in [6, 6.07) is 17.7. The molecule has 0 aliphatic carbocycles. The van der Waals surface area contributed by atoms with E-state index in [0.29, 0.717) is 13.0 Å². The van der Waals surface area contributed by atoms with Crippen LogP contribution < -0.4 is 14.2 Å². The molecule has 0 spiro atoms. The van der Waals surface area contributed by atoms with Crippen molar-refractivity contribution in [1.82, 2.24) is 4.90 Å². The fraction of sp³-hybridized carbons (Fsp3) is 0.320. The first-order valence-corrected chi connectivity index (χ1v) is 10.0. The van der Waals surface area contributed by atoms with Crippen LogP contribution in [0.25, 0.3) is 10.8 Å². The van der Waals surface area contributed by atoms with Crippen molar-refractivity contribution in [3.05, 3.63) is 65.7 Å². The van der Waals surface area contributed by atoms with E-state index in [-0.39, 0.29) is 5.78 Å². The molecule has 0 saturated carbocycles. The third-order valence-electron chi connectivity index (χ3n) is 5.32. The van der Waals surface area contributed by atoms with Crippen LogP contribution in [0, 0.1) is 0 Å². The topological polar surface area (TPSA) is 48.0 Å². The van der Waals surface area contributed by atoms with Crippen molar-refractivity contribution in [3.63, 3.8) is 0 Å². The maximum Gasteiger partial charge on any atom is 0.164 e. The van der Waals surface area contributed by atoms with Crippen LogP contribution in [0.2, 0.25) is 0 Å². The quantitative estimate of drug-likeness (QED) is 0.459. The van der Waals surface area contributed by atoms with E-state index in [1.54, 1.807) is 21.3 Å². The van der Waals surface area contributed by atoms with Crippen LogP contribution >= 0.6 is 0 Å². The van der Waals surface area contributed by atoms with Crippen LogP contribution in [0.5, 0.6) is 17.2 Å². The van der Waals surface area contributed by atoms with Gasteiger partial charge in [0.25, 0.3) is 0 Å². The van der Waals surface area contributed by atoms with Crippen LogP contribution in [0.1, 0.15) is 22.3 Å². The molecule has 3 rings (SSSR count). The molecule has 0 heterocycles. The van der Waals surface area contributed by atoms with E-state index in [4.69, 9.17) is 14.2 Å². The first-order valence-electron chi connectivity index (χ1n) is 10.0. The number of nitrogens with zero attached hydrogens (tertiary/aromatic N) is 1. The van der Waals surface area contributed by atoms with Crippen molar-refractivity contribution in [2.45, 2.75) is 12.8 Å². The minimum atomic E-state index is 0.158. The SMILES string of the molecule is COc1ccc2cc(C(=O)CCN(C)CCc3ccc(OC)c(OC)c3)ccc2c1. The second-order valence-electron chi connectivity index (χ2n) is 7.34. The minimum Gasteiger partial charge on any atom is -0.497 e. The number of carbonyl (C=O) groups is 1. The summed E-state index contributed by atoms with van der Waals surface area (Å²) in [7, 11) is 6.97. The second kappa shape index (κ2) is 10.1. The van der Waals surface area contributed by atoms with Crippen molar-refractivity contribution in [2.75, 3.05) is 41.5 Å². The molecule has 5 nitrogen and oxygen atoms in total. The van der Waals surface area contributed by atoms with Crippen LogP contribution in [-0.2, 0) is 6.42 Å². The number of benzene rings is 3. The van der Waals surface area contributed by atoms with Crippen LogP contribution in [0.15, 0.2) is 54.6 Å². The van der Waals surface area contributed by atoms with Crippen molar-refractivity contribution >= 4 is 16.6 Å². The number of fused-ring (bicyclic) bond motifs is 1. The summed E-state index contributed by atoms with van der Waals surface area (Å²) in [5.41, 5.74) is 1.93. The smallest absolute Gasteiger partial charge is 0.164 e. The number of carbonyl (C=O) groups excluding carboxylic acids is 1. The minimum absolute atomic E-state index is 0.158. The van der Waals surface area contributed by atoms with Crippen molar-refractivity contribution in [3.8, 4) is 17.2 Å². The van der Waals surface area contributed by atoms with Gasteiger partial charge in [0, 0.05) is 25.1 Å². The summed E-state index contributed by atoms with van der Waals surface area (Å²) < 4.78 is 15.9. The highest BCUT2D eigenvalue weighted by Crippen LogP contribution is 2.27. The molecule has 0 saturated heterocycles. The Morgan fingerprint density at radius 2 is 1.53 bits per heavy atom.